The molecular weight excluding hydrogens is 240 g/mol. The van der Waals surface area contributed by atoms with Crippen LogP contribution in [0.15, 0.2) is 36.4 Å². The lowest BCUT2D eigenvalue weighted by Gasteiger charge is -2.10. The molecule has 3 nitrogen and oxygen atoms in total. The minimum absolute atomic E-state index is 0.0383. The molecule has 0 aliphatic heterocycles. The van der Waals surface area contributed by atoms with Crippen molar-refractivity contribution in [1.82, 2.24) is 0 Å². The summed E-state index contributed by atoms with van der Waals surface area (Å²) in [4.78, 5) is 11.1. The third-order valence-corrected chi connectivity index (χ3v) is 3.25. The van der Waals surface area contributed by atoms with Gasteiger partial charge in [0.05, 0.1) is 0 Å². The van der Waals surface area contributed by atoms with Gasteiger partial charge in [-0.05, 0) is 48.6 Å². The molecule has 0 saturated heterocycles. The Balaban J connectivity index is 2.42. The van der Waals surface area contributed by atoms with Crippen molar-refractivity contribution in [3.63, 3.8) is 0 Å². The van der Waals surface area contributed by atoms with Crippen molar-refractivity contribution in [2.45, 2.75) is 20.3 Å². The fraction of sp³-hybridized carbons (Fsp3) is 0.188. The van der Waals surface area contributed by atoms with Gasteiger partial charge >= 0.3 is 5.97 Å². The highest BCUT2D eigenvalue weighted by Crippen LogP contribution is 2.25. The van der Waals surface area contributed by atoms with Gasteiger partial charge < -0.3 is 10.2 Å². The average molecular weight is 256 g/mol. The standard InChI is InChI=1S/C16H16O3/c1-10-5-3-4-6-13(10)8-12-7-11(2)15(17)14(9-12)16(18)19/h3-7,9,17H,8H2,1-2H3,(H,18,19). The van der Waals surface area contributed by atoms with Crippen LogP contribution < -0.4 is 0 Å². The van der Waals surface area contributed by atoms with Gasteiger partial charge in [0.15, 0.2) is 0 Å². The molecule has 0 bridgehead atoms. The van der Waals surface area contributed by atoms with Gasteiger partial charge in [0.25, 0.3) is 0 Å². The molecule has 0 saturated carbocycles. The lowest BCUT2D eigenvalue weighted by Crippen LogP contribution is -2.01. The fourth-order valence-electron chi connectivity index (χ4n) is 2.15. The minimum Gasteiger partial charge on any atom is -0.507 e. The Hall–Kier alpha value is -2.29. The van der Waals surface area contributed by atoms with Gasteiger partial charge in [-0.25, -0.2) is 4.79 Å². The number of hydrogen-bond acceptors (Lipinski definition) is 2. The Kier molecular flexibility index (Phi) is 3.56. The summed E-state index contributed by atoms with van der Waals surface area (Å²) in [6.45, 7) is 3.74. The van der Waals surface area contributed by atoms with Crippen LogP contribution in [0.2, 0.25) is 0 Å². The van der Waals surface area contributed by atoms with Crippen molar-refractivity contribution in [1.29, 1.82) is 0 Å². The number of benzene rings is 2. The number of aromatic hydroxyl groups is 1. The topological polar surface area (TPSA) is 57.5 Å². The van der Waals surface area contributed by atoms with Crippen molar-refractivity contribution < 1.29 is 15.0 Å². The Labute approximate surface area is 112 Å². The number of aryl methyl sites for hydroxylation is 2. The molecule has 0 amide bonds. The van der Waals surface area contributed by atoms with Gasteiger partial charge in [0, 0.05) is 0 Å². The second-order valence-corrected chi connectivity index (χ2v) is 4.72. The molecule has 2 N–H and O–H groups in total. The summed E-state index contributed by atoms with van der Waals surface area (Å²) in [6.07, 6.45) is 0.661. The minimum atomic E-state index is -1.10. The summed E-state index contributed by atoms with van der Waals surface area (Å²) >= 11 is 0. The molecule has 2 aromatic carbocycles. The lowest BCUT2D eigenvalue weighted by atomic mass is 9.97. The van der Waals surface area contributed by atoms with Crippen LogP contribution >= 0.6 is 0 Å². The van der Waals surface area contributed by atoms with Gasteiger partial charge in [-0.3, -0.25) is 0 Å². The van der Waals surface area contributed by atoms with Crippen LogP contribution in [-0.4, -0.2) is 16.2 Å². The largest absolute Gasteiger partial charge is 0.507 e. The molecule has 2 aromatic rings. The zero-order chi connectivity index (χ0) is 14.0. The van der Waals surface area contributed by atoms with Gasteiger partial charge in [-0.2, -0.15) is 0 Å². The maximum Gasteiger partial charge on any atom is 0.339 e. The third-order valence-electron chi connectivity index (χ3n) is 3.25. The van der Waals surface area contributed by atoms with Crippen molar-refractivity contribution in [3.8, 4) is 5.75 Å². The normalized spacial score (nSPS) is 10.4. The van der Waals surface area contributed by atoms with Crippen LogP contribution in [0.1, 0.15) is 32.6 Å². The van der Waals surface area contributed by atoms with E-state index in [2.05, 4.69) is 0 Å². The first-order valence-corrected chi connectivity index (χ1v) is 6.09. The summed E-state index contributed by atoms with van der Waals surface area (Å²) in [5.74, 6) is -1.26. The monoisotopic (exact) mass is 256 g/mol. The molecule has 3 heteroatoms. The van der Waals surface area contributed by atoms with Crippen LogP contribution in [0, 0.1) is 13.8 Å². The number of carboxylic acid groups (broad SMARTS) is 1. The van der Waals surface area contributed by atoms with E-state index in [4.69, 9.17) is 5.11 Å². The van der Waals surface area contributed by atoms with Crippen molar-refractivity contribution >= 4 is 5.97 Å². The van der Waals surface area contributed by atoms with Crippen LogP contribution in [0.25, 0.3) is 0 Å². The van der Waals surface area contributed by atoms with Gasteiger partial charge in [-0.15, -0.1) is 0 Å². The summed E-state index contributed by atoms with van der Waals surface area (Å²) in [5.41, 5.74) is 3.77. The van der Waals surface area contributed by atoms with Crippen molar-refractivity contribution in [2.75, 3.05) is 0 Å². The molecule has 0 unspecified atom stereocenters. The summed E-state index contributed by atoms with van der Waals surface area (Å²) < 4.78 is 0. The van der Waals surface area contributed by atoms with Gasteiger partial charge in [0.1, 0.15) is 11.3 Å². The van der Waals surface area contributed by atoms with Crippen LogP contribution in [0.5, 0.6) is 5.75 Å². The Morgan fingerprint density at radius 2 is 1.79 bits per heavy atom. The predicted molar refractivity (Wildman–Crippen MR) is 73.8 cm³/mol. The number of carbonyl (C=O) groups is 1. The second kappa shape index (κ2) is 5.14. The molecule has 0 heterocycles. The van der Waals surface area contributed by atoms with E-state index >= 15 is 0 Å². The highest BCUT2D eigenvalue weighted by molar-refractivity contribution is 5.91. The first kappa shape index (κ1) is 13.1. The Bertz CT molecular complexity index is 630. The van der Waals surface area contributed by atoms with Crippen LogP contribution in [-0.2, 0) is 6.42 Å². The predicted octanol–water partition coefficient (Wildman–Crippen LogP) is 3.30. The Morgan fingerprint density at radius 1 is 1.11 bits per heavy atom. The molecular formula is C16H16O3. The summed E-state index contributed by atoms with van der Waals surface area (Å²) in [5, 5.41) is 18.8. The smallest absolute Gasteiger partial charge is 0.339 e. The Morgan fingerprint density at radius 3 is 2.42 bits per heavy atom. The first-order valence-electron chi connectivity index (χ1n) is 6.09. The van der Waals surface area contributed by atoms with E-state index in [-0.39, 0.29) is 11.3 Å². The first-order chi connectivity index (χ1) is 8.99. The molecule has 98 valence electrons. The second-order valence-electron chi connectivity index (χ2n) is 4.72. The van der Waals surface area contributed by atoms with Crippen LogP contribution in [0.3, 0.4) is 0 Å². The van der Waals surface area contributed by atoms with E-state index < -0.39 is 5.97 Å². The SMILES string of the molecule is Cc1ccccc1Cc1cc(C)c(O)c(C(=O)O)c1. The number of aromatic carboxylic acids is 1. The zero-order valence-corrected chi connectivity index (χ0v) is 11.0. The summed E-state index contributed by atoms with van der Waals surface area (Å²) in [6, 6.07) is 11.4. The molecule has 0 radical (unpaired) electrons. The zero-order valence-electron chi connectivity index (χ0n) is 11.0. The van der Waals surface area contributed by atoms with E-state index in [1.807, 2.05) is 37.3 Å². The number of carboxylic acids is 1. The van der Waals surface area contributed by atoms with Crippen LogP contribution in [0.4, 0.5) is 0 Å². The maximum atomic E-state index is 11.1. The lowest BCUT2D eigenvalue weighted by molar-refractivity contribution is 0.0693. The molecule has 0 spiro atoms. The van der Waals surface area contributed by atoms with Gasteiger partial charge in [-0.1, -0.05) is 30.3 Å². The van der Waals surface area contributed by atoms with E-state index in [9.17, 15) is 9.90 Å². The third kappa shape index (κ3) is 2.76. The quantitative estimate of drug-likeness (QED) is 0.885. The molecule has 2 rings (SSSR count). The van der Waals surface area contributed by atoms with Crippen molar-refractivity contribution in [3.05, 3.63) is 64.2 Å². The molecule has 0 aliphatic rings. The highest BCUT2D eigenvalue weighted by Gasteiger charge is 2.13. The van der Waals surface area contributed by atoms with Gasteiger partial charge in [0.2, 0.25) is 0 Å². The number of hydrogen-bond donors (Lipinski definition) is 2. The van der Waals surface area contributed by atoms with Crippen molar-refractivity contribution in [2.24, 2.45) is 0 Å². The van der Waals surface area contributed by atoms with E-state index in [0.717, 1.165) is 11.1 Å². The summed E-state index contributed by atoms with van der Waals surface area (Å²) in [7, 11) is 0. The van der Waals surface area contributed by atoms with E-state index in [1.54, 1.807) is 6.92 Å². The van der Waals surface area contributed by atoms with E-state index in [1.165, 1.54) is 11.6 Å². The average Bonchev–Trinajstić information content (AvgIpc) is 2.36. The molecule has 0 aromatic heterocycles. The van der Waals surface area contributed by atoms with E-state index in [0.29, 0.717) is 12.0 Å². The molecule has 0 fully saturated rings. The molecule has 0 aliphatic carbocycles. The number of rotatable bonds is 3. The number of phenols is 1. The molecule has 19 heavy (non-hydrogen) atoms. The fourth-order valence-corrected chi connectivity index (χ4v) is 2.15. The highest BCUT2D eigenvalue weighted by atomic mass is 16.4. The molecule has 0 atom stereocenters. The maximum absolute atomic E-state index is 11.1.